The van der Waals surface area contributed by atoms with Crippen molar-refractivity contribution in [3.63, 3.8) is 0 Å². The van der Waals surface area contributed by atoms with Crippen molar-refractivity contribution in [2.75, 3.05) is 12.7 Å². The Hall–Kier alpha value is -1.23. The second-order valence-electron chi connectivity index (χ2n) is 3.79. The maximum Gasteiger partial charge on any atom is 0.408 e. The molecule has 0 rings (SSSR count). The zero-order valence-corrected chi connectivity index (χ0v) is 10.8. The third kappa shape index (κ3) is 7.63. The number of rotatable bonds is 7. The maximum atomic E-state index is 11.5. The lowest BCUT2D eigenvalue weighted by atomic mass is 10.0. The third-order valence-electron chi connectivity index (χ3n) is 1.81. The number of alkyl carbamates (subject to hydrolysis) is 1. The molecule has 0 spiro atoms. The van der Waals surface area contributed by atoms with Crippen LogP contribution in [0.1, 0.15) is 20.3 Å². The smallest absolute Gasteiger partial charge is 0.408 e. The van der Waals surface area contributed by atoms with Gasteiger partial charge in [-0.2, -0.15) is 0 Å². The van der Waals surface area contributed by atoms with Crippen molar-refractivity contribution in [3.8, 4) is 0 Å². The van der Waals surface area contributed by atoms with Crippen LogP contribution in [-0.4, -0.2) is 30.8 Å². The molecule has 0 aliphatic rings. The standard InChI is InChI=1S/C11H18ClNO4/c1-4-5-16-11(15)13-9(6-8(2)3)10(14)17-7-12/h4,8-9H,1,5-7H2,2-3H3,(H,13,15)/t9-/m1/s1. The lowest BCUT2D eigenvalue weighted by Crippen LogP contribution is -2.42. The lowest BCUT2D eigenvalue weighted by Gasteiger charge is -2.18. The molecule has 0 heterocycles. The van der Waals surface area contributed by atoms with Crippen LogP contribution in [0.2, 0.25) is 0 Å². The molecule has 0 aliphatic carbocycles. The van der Waals surface area contributed by atoms with Crippen molar-refractivity contribution in [1.29, 1.82) is 0 Å². The highest BCUT2D eigenvalue weighted by Crippen LogP contribution is 2.07. The van der Waals surface area contributed by atoms with Crippen LogP contribution in [0.4, 0.5) is 4.79 Å². The largest absolute Gasteiger partial charge is 0.448 e. The number of carbonyl (C=O) groups is 2. The molecular weight excluding hydrogens is 246 g/mol. The quantitative estimate of drug-likeness (QED) is 0.434. The number of alkyl halides is 1. The SMILES string of the molecule is C=CCOC(=O)N[C@H](CC(C)C)C(=O)OCCl. The monoisotopic (exact) mass is 263 g/mol. The van der Waals surface area contributed by atoms with Gasteiger partial charge in [-0.05, 0) is 12.3 Å². The Morgan fingerprint density at radius 2 is 2.06 bits per heavy atom. The zero-order valence-electron chi connectivity index (χ0n) is 10.1. The van der Waals surface area contributed by atoms with Crippen molar-refractivity contribution >= 4 is 23.7 Å². The summed E-state index contributed by atoms with van der Waals surface area (Å²) >= 11 is 5.30. The molecule has 0 aromatic rings. The normalized spacial score (nSPS) is 11.8. The van der Waals surface area contributed by atoms with Crippen molar-refractivity contribution in [2.24, 2.45) is 5.92 Å². The molecule has 98 valence electrons. The summed E-state index contributed by atoms with van der Waals surface area (Å²) in [6.45, 7) is 7.36. The van der Waals surface area contributed by atoms with E-state index < -0.39 is 18.1 Å². The number of carbonyl (C=O) groups excluding carboxylic acids is 2. The van der Waals surface area contributed by atoms with Crippen molar-refractivity contribution < 1.29 is 19.1 Å². The van der Waals surface area contributed by atoms with E-state index in [9.17, 15) is 9.59 Å². The molecule has 0 bridgehead atoms. The van der Waals surface area contributed by atoms with E-state index in [0.717, 1.165) is 0 Å². The molecule has 1 amide bonds. The van der Waals surface area contributed by atoms with Crippen LogP contribution < -0.4 is 5.32 Å². The summed E-state index contributed by atoms with van der Waals surface area (Å²) in [6, 6.07) is -0.984. The molecule has 0 unspecified atom stereocenters. The summed E-state index contributed by atoms with van der Waals surface area (Å²) in [5.41, 5.74) is 0. The van der Waals surface area contributed by atoms with Gasteiger partial charge >= 0.3 is 12.1 Å². The number of amides is 1. The van der Waals surface area contributed by atoms with Crippen LogP contribution in [-0.2, 0) is 14.3 Å². The van der Waals surface area contributed by atoms with Gasteiger partial charge in [0.15, 0.2) is 6.07 Å². The second-order valence-corrected chi connectivity index (χ2v) is 4.00. The van der Waals surface area contributed by atoms with Crippen molar-refractivity contribution in [2.45, 2.75) is 26.3 Å². The van der Waals surface area contributed by atoms with Crippen LogP contribution in [0, 0.1) is 5.92 Å². The first-order chi connectivity index (χ1) is 8.01. The Bertz CT molecular complexity index is 268. The van der Waals surface area contributed by atoms with E-state index in [2.05, 4.69) is 16.6 Å². The Balaban J connectivity index is 4.31. The van der Waals surface area contributed by atoms with E-state index in [-0.39, 0.29) is 18.6 Å². The topological polar surface area (TPSA) is 64.6 Å². The molecule has 0 saturated carbocycles. The number of halogens is 1. The first-order valence-corrected chi connectivity index (χ1v) is 5.81. The Morgan fingerprint density at radius 3 is 2.53 bits per heavy atom. The van der Waals surface area contributed by atoms with Gasteiger partial charge in [0.2, 0.25) is 0 Å². The molecule has 0 aromatic heterocycles. The summed E-state index contributed by atoms with van der Waals surface area (Å²) in [5.74, 6) is -0.341. The average molecular weight is 264 g/mol. The Labute approximate surface area is 106 Å². The molecule has 0 fully saturated rings. The highest BCUT2D eigenvalue weighted by molar-refractivity contribution is 6.17. The van der Waals surface area contributed by atoms with Gasteiger partial charge in [-0.1, -0.05) is 38.1 Å². The first kappa shape index (κ1) is 15.8. The zero-order chi connectivity index (χ0) is 13.3. The summed E-state index contributed by atoms with van der Waals surface area (Å²) in [7, 11) is 0. The van der Waals surface area contributed by atoms with E-state index >= 15 is 0 Å². The summed E-state index contributed by atoms with van der Waals surface area (Å²) < 4.78 is 9.37. The number of ether oxygens (including phenoxy) is 2. The van der Waals surface area contributed by atoms with Crippen LogP contribution in [0.25, 0.3) is 0 Å². The van der Waals surface area contributed by atoms with Crippen LogP contribution in [0.5, 0.6) is 0 Å². The predicted molar refractivity (Wildman–Crippen MR) is 64.7 cm³/mol. The molecular formula is C11H18ClNO4. The van der Waals surface area contributed by atoms with Gasteiger partial charge in [0, 0.05) is 0 Å². The lowest BCUT2D eigenvalue weighted by molar-refractivity contribution is -0.144. The van der Waals surface area contributed by atoms with E-state index in [1.807, 2.05) is 13.8 Å². The van der Waals surface area contributed by atoms with Crippen LogP contribution in [0.3, 0.4) is 0 Å². The van der Waals surface area contributed by atoms with E-state index in [0.29, 0.717) is 6.42 Å². The molecule has 0 aromatic carbocycles. The van der Waals surface area contributed by atoms with Crippen molar-refractivity contribution in [3.05, 3.63) is 12.7 Å². The third-order valence-corrected chi connectivity index (χ3v) is 1.92. The first-order valence-electron chi connectivity index (χ1n) is 5.28. The molecule has 5 nitrogen and oxygen atoms in total. The van der Waals surface area contributed by atoms with Gasteiger partial charge in [0.25, 0.3) is 0 Å². The van der Waals surface area contributed by atoms with Crippen LogP contribution >= 0.6 is 11.6 Å². The molecule has 6 heteroatoms. The van der Waals surface area contributed by atoms with Gasteiger partial charge in [-0.15, -0.1) is 0 Å². The van der Waals surface area contributed by atoms with E-state index in [1.54, 1.807) is 0 Å². The maximum absolute atomic E-state index is 11.5. The minimum Gasteiger partial charge on any atom is -0.448 e. The second kappa shape index (κ2) is 8.87. The van der Waals surface area contributed by atoms with Gasteiger partial charge in [-0.3, -0.25) is 0 Å². The molecule has 0 aliphatic heterocycles. The Morgan fingerprint density at radius 1 is 1.41 bits per heavy atom. The van der Waals surface area contributed by atoms with Crippen molar-refractivity contribution in [1.82, 2.24) is 5.32 Å². The minimum atomic E-state index is -0.744. The molecule has 1 atom stereocenters. The summed E-state index contributed by atoms with van der Waals surface area (Å²) in [5, 5.41) is 2.43. The fourth-order valence-electron chi connectivity index (χ4n) is 1.16. The van der Waals surface area contributed by atoms with E-state index in [4.69, 9.17) is 16.3 Å². The fourth-order valence-corrected chi connectivity index (χ4v) is 1.27. The predicted octanol–water partition coefficient (Wildman–Crippen LogP) is 2.05. The summed E-state index contributed by atoms with van der Waals surface area (Å²) in [6.07, 6.45) is 1.22. The highest BCUT2D eigenvalue weighted by atomic mass is 35.5. The summed E-state index contributed by atoms with van der Waals surface area (Å²) in [4.78, 5) is 22.8. The fraction of sp³-hybridized carbons (Fsp3) is 0.636. The Kier molecular flexibility index (Phi) is 8.23. The van der Waals surface area contributed by atoms with Gasteiger partial charge in [0.1, 0.15) is 12.6 Å². The van der Waals surface area contributed by atoms with Gasteiger partial charge in [-0.25, -0.2) is 9.59 Å². The number of nitrogens with one attached hydrogen (secondary N) is 1. The number of hydrogen-bond acceptors (Lipinski definition) is 4. The molecule has 0 saturated heterocycles. The van der Waals surface area contributed by atoms with Gasteiger partial charge in [0.05, 0.1) is 0 Å². The number of esters is 1. The molecule has 1 N–H and O–H groups in total. The molecule has 0 radical (unpaired) electrons. The van der Waals surface area contributed by atoms with E-state index in [1.165, 1.54) is 6.08 Å². The van der Waals surface area contributed by atoms with Gasteiger partial charge < -0.3 is 14.8 Å². The minimum absolute atomic E-state index is 0.0881. The van der Waals surface area contributed by atoms with Crippen LogP contribution in [0.15, 0.2) is 12.7 Å². The number of hydrogen-bond donors (Lipinski definition) is 1. The molecule has 17 heavy (non-hydrogen) atoms. The highest BCUT2D eigenvalue weighted by Gasteiger charge is 2.23. The average Bonchev–Trinajstić information content (AvgIpc) is 2.25.